The number of anilines is 1. The van der Waals surface area contributed by atoms with E-state index < -0.39 is 12.1 Å². The molecule has 1 heterocycles. The maximum Gasteiger partial charge on any atom is 0.361 e. The number of carbonyl (C=O) groups is 2. The summed E-state index contributed by atoms with van der Waals surface area (Å²) in [6, 6.07) is 18.5. The Morgan fingerprint density at radius 1 is 1.04 bits per heavy atom. The molecular formula is C21H22N4O3. The number of para-hydroxylation sites is 2. The minimum absolute atomic E-state index is 0.0891. The third-order valence-electron chi connectivity index (χ3n) is 4.24. The molecule has 0 N–H and O–H groups in total. The van der Waals surface area contributed by atoms with E-state index in [2.05, 4.69) is 10.2 Å². The van der Waals surface area contributed by atoms with Gasteiger partial charge >= 0.3 is 5.97 Å². The Bertz CT molecular complexity index is 954. The number of ether oxygens (including phenoxy) is 1. The van der Waals surface area contributed by atoms with Crippen molar-refractivity contribution in [3.63, 3.8) is 0 Å². The topological polar surface area (TPSA) is 77.3 Å². The summed E-state index contributed by atoms with van der Waals surface area (Å²) in [5.41, 5.74) is 2.01. The van der Waals surface area contributed by atoms with Crippen LogP contribution in [-0.4, -0.2) is 39.5 Å². The van der Waals surface area contributed by atoms with E-state index in [9.17, 15) is 9.59 Å². The predicted octanol–water partition coefficient (Wildman–Crippen LogP) is 3.17. The van der Waals surface area contributed by atoms with Crippen LogP contribution in [-0.2, 0) is 9.53 Å². The van der Waals surface area contributed by atoms with Gasteiger partial charge in [0.15, 0.2) is 11.8 Å². The molecule has 0 spiro atoms. The van der Waals surface area contributed by atoms with Crippen molar-refractivity contribution in [1.29, 1.82) is 0 Å². The number of benzene rings is 2. The van der Waals surface area contributed by atoms with Crippen LogP contribution in [0, 0.1) is 6.92 Å². The third-order valence-corrected chi connectivity index (χ3v) is 4.24. The lowest BCUT2D eigenvalue weighted by Crippen LogP contribution is -2.40. The smallest absolute Gasteiger partial charge is 0.361 e. The highest BCUT2D eigenvalue weighted by Gasteiger charge is 2.27. The van der Waals surface area contributed by atoms with Crippen molar-refractivity contribution in [2.75, 3.05) is 11.4 Å². The summed E-state index contributed by atoms with van der Waals surface area (Å²) in [4.78, 5) is 28.3. The molecule has 1 amide bonds. The zero-order chi connectivity index (χ0) is 20.1. The number of hydrogen-bond acceptors (Lipinski definition) is 5. The van der Waals surface area contributed by atoms with E-state index in [0.29, 0.717) is 12.2 Å². The van der Waals surface area contributed by atoms with E-state index in [1.54, 1.807) is 18.7 Å². The molecule has 7 heteroatoms. The highest BCUT2D eigenvalue weighted by molar-refractivity contribution is 5.98. The van der Waals surface area contributed by atoms with Gasteiger partial charge in [0.1, 0.15) is 0 Å². The molecule has 1 atom stereocenters. The summed E-state index contributed by atoms with van der Waals surface area (Å²) < 4.78 is 5.39. The Kier molecular flexibility index (Phi) is 5.84. The van der Waals surface area contributed by atoms with Crippen molar-refractivity contribution < 1.29 is 14.3 Å². The molecule has 7 nitrogen and oxygen atoms in total. The lowest BCUT2D eigenvalue weighted by Gasteiger charge is -2.24. The third kappa shape index (κ3) is 4.09. The van der Waals surface area contributed by atoms with E-state index >= 15 is 0 Å². The Morgan fingerprint density at radius 3 is 2.25 bits per heavy atom. The van der Waals surface area contributed by atoms with Crippen LogP contribution in [0.5, 0.6) is 0 Å². The number of nitrogens with zero attached hydrogens (tertiary/aromatic N) is 4. The zero-order valence-corrected chi connectivity index (χ0v) is 16.1. The summed E-state index contributed by atoms with van der Waals surface area (Å²) in [6.45, 7) is 5.57. The van der Waals surface area contributed by atoms with Crippen molar-refractivity contribution in [2.24, 2.45) is 0 Å². The lowest BCUT2D eigenvalue weighted by atomic mass is 10.2. The van der Waals surface area contributed by atoms with Gasteiger partial charge in [0.2, 0.25) is 0 Å². The van der Waals surface area contributed by atoms with Crippen LogP contribution in [0.15, 0.2) is 60.7 Å². The highest BCUT2D eigenvalue weighted by Crippen LogP contribution is 2.16. The van der Waals surface area contributed by atoms with Gasteiger partial charge in [0.05, 0.1) is 11.4 Å². The van der Waals surface area contributed by atoms with Crippen molar-refractivity contribution in [3.05, 3.63) is 72.1 Å². The maximum absolute atomic E-state index is 12.8. The molecule has 144 valence electrons. The van der Waals surface area contributed by atoms with Crippen LogP contribution >= 0.6 is 0 Å². The van der Waals surface area contributed by atoms with Gasteiger partial charge in [-0.3, -0.25) is 4.79 Å². The standard InChI is InChI=1S/C21H22N4O3/c1-4-24(17-11-7-5-8-12-17)20(26)16(3)28-21(27)19-15(2)22-25(23-19)18-13-9-6-10-14-18/h5-14,16H,4H2,1-3H3/t16-/m0/s1. The van der Waals surface area contributed by atoms with Crippen LogP contribution in [0.2, 0.25) is 0 Å². The van der Waals surface area contributed by atoms with Crippen molar-refractivity contribution in [2.45, 2.75) is 26.9 Å². The van der Waals surface area contributed by atoms with E-state index in [1.165, 1.54) is 4.80 Å². The van der Waals surface area contributed by atoms with Gasteiger partial charge in [-0.05, 0) is 45.0 Å². The molecule has 0 aliphatic carbocycles. The summed E-state index contributed by atoms with van der Waals surface area (Å²) in [6.07, 6.45) is -0.950. The molecule has 3 aromatic rings. The first-order valence-electron chi connectivity index (χ1n) is 9.08. The average Bonchev–Trinajstić information content (AvgIpc) is 3.11. The van der Waals surface area contributed by atoms with Gasteiger partial charge in [0.25, 0.3) is 5.91 Å². The minimum atomic E-state index is -0.950. The fourth-order valence-electron chi connectivity index (χ4n) is 2.80. The van der Waals surface area contributed by atoms with Gasteiger partial charge in [-0.25, -0.2) is 4.79 Å². The maximum atomic E-state index is 12.8. The molecule has 0 bridgehead atoms. The van der Waals surface area contributed by atoms with Crippen LogP contribution < -0.4 is 4.90 Å². The number of amides is 1. The molecule has 0 saturated heterocycles. The second-order valence-corrected chi connectivity index (χ2v) is 6.22. The van der Waals surface area contributed by atoms with Gasteiger partial charge in [-0.1, -0.05) is 36.4 Å². The SMILES string of the molecule is CCN(C(=O)[C@H](C)OC(=O)c1nn(-c2ccccc2)nc1C)c1ccccc1. The van der Waals surface area contributed by atoms with Gasteiger partial charge < -0.3 is 9.64 Å². The number of likely N-dealkylation sites (N-methyl/N-ethyl adjacent to an activating group) is 1. The summed E-state index contributed by atoms with van der Waals surface area (Å²) in [5, 5.41) is 8.48. The van der Waals surface area contributed by atoms with Crippen LogP contribution in [0.1, 0.15) is 30.0 Å². The van der Waals surface area contributed by atoms with E-state index in [1.807, 2.05) is 67.6 Å². The molecule has 0 unspecified atom stereocenters. The number of rotatable bonds is 6. The molecule has 2 aromatic carbocycles. The number of carbonyl (C=O) groups excluding carboxylic acids is 2. The monoisotopic (exact) mass is 378 g/mol. The molecule has 0 fully saturated rings. The normalized spacial score (nSPS) is 11.7. The molecular weight excluding hydrogens is 356 g/mol. The van der Waals surface area contributed by atoms with Crippen LogP contribution in [0.3, 0.4) is 0 Å². The summed E-state index contributed by atoms with van der Waals surface area (Å²) >= 11 is 0. The second kappa shape index (κ2) is 8.47. The van der Waals surface area contributed by atoms with Crippen molar-refractivity contribution >= 4 is 17.6 Å². The number of esters is 1. The Balaban J connectivity index is 1.74. The fourth-order valence-corrected chi connectivity index (χ4v) is 2.80. The van der Waals surface area contributed by atoms with E-state index in [0.717, 1.165) is 11.4 Å². The van der Waals surface area contributed by atoms with E-state index in [4.69, 9.17) is 4.74 Å². The molecule has 0 aliphatic rings. The largest absolute Gasteiger partial charge is 0.448 e. The predicted molar refractivity (Wildman–Crippen MR) is 105 cm³/mol. The minimum Gasteiger partial charge on any atom is -0.448 e. The molecule has 0 radical (unpaired) electrons. The quantitative estimate of drug-likeness (QED) is 0.616. The molecule has 3 rings (SSSR count). The number of aryl methyl sites for hydroxylation is 1. The second-order valence-electron chi connectivity index (χ2n) is 6.22. The summed E-state index contributed by atoms with van der Waals surface area (Å²) in [5.74, 6) is -0.972. The zero-order valence-electron chi connectivity index (χ0n) is 16.1. The molecule has 28 heavy (non-hydrogen) atoms. The fraction of sp³-hybridized carbons (Fsp3) is 0.238. The van der Waals surface area contributed by atoms with Crippen molar-refractivity contribution in [3.8, 4) is 5.69 Å². The Hall–Kier alpha value is -3.48. The van der Waals surface area contributed by atoms with Gasteiger partial charge in [-0.2, -0.15) is 9.90 Å². The Labute approximate surface area is 163 Å². The van der Waals surface area contributed by atoms with Gasteiger partial charge in [-0.15, -0.1) is 5.10 Å². The van der Waals surface area contributed by atoms with Gasteiger partial charge in [0, 0.05) is 12.2 Å². The van der Waals surface area contributed by atoms with Crippen LogP contribution in [0.25, 0.3) is 5.69 Å². The van der Waals surface area contributed by atoms with Crippen LogP contribution in [0.4, 0.5) is 5.69 Å². The van der Waals surface area contributed by atoms with E-state index in [-0.39, 0.29) is 11.6 Å². The first-order chi connectivity index (χ1) is 13.5. The average molecular weight is 378 g/mol. The lowest BCUT2D eigenvalue weighted by molar-refractivity contribution is -0.126. The number of aromatic nitrogens is 3. The highest BCUT2D eigenvalue weighted by atomic mass is 16.5. The number of hydrogen-bond donors (Lipinski definition) is 0. The summed E-state index contributed by atoms with van der Waals surface area (Å²) in [7, 11) is 0. The molecule has 1 aromatic heterocycles. The molecule has 0 saturated carbocycles. The van der Waals surface area contributed by atoms with Crippen molar-refractivity contribution in [1.82, 2.24) is 15.0 Å². The molecule has 0 aliphatic heterocycles. The Morgan fingerprint density at radius 2 is 1.64 bits per heavy atom. The first kappa shape index (κ1) is 19.3. The first-order valence-corrected chi connectivity index (χ1v) is 9.08.